The molecule has 0 radical (unpaired) electrons. The first-order valence-electron chi connectivity index (χ1n) is 5.18. The largest absolute Gasteiger partial charge is 0.403 e. The van der Waals surface area contributed by atoms with Crippen LogP contribution in [0.2, 0.25) is 5.02 Å². The van der Waals surface area contributed by atoms with Crippen LogP contribution in [0.15, 0.2) is 18.2 Å². The zero-order valence-electron chi connectivity index (χ0n) is 9.56. The molecule has 0 bridgehead atoms. The Hall–Kier alpha value is -1.02. The van der Waals surface area contributed by atoms with E-state index in [-0.39, 0.29) is 5.56 Å². The van der Waals surface area contributed by atoms with E-state index in [1.807, 2.05) is 0 Å². The number of hydrogen-bond donors (Lipinski definition) is 1. The molecule has 20 heavy (non-hydrogen) atoms. The van der Waals surface area contributed by atoms with Gasteiger partial charge in [0.1, 0.15) is 5.82 Å². The minimum atomic E-state index is -5.64. The molecule has 0 saturated heterocycles. The molecule has 0 saturated carbocycles. The number of hydrogen-bond acceptors (Lipinski definition) is 1. The first kappa shape index (κ1) is 17.0. The van der Waals surface area contributed by atoms with Gasteiger partial charge in [-0.3, -0.25) is 0 Å². The van der Waals surface area contributed by atoms with Gasteiger partial charge in [-0.05, 0) is 24.1 Å². The molecule has 0 amide bonds. The van der Waals surface area contributed by atoms with Crippen molar-refractivity contribution in [3.05, 3.63) is 34.6 Å². The van der Waals surface area contributed by atoms with E-state index >= 15 is 0 Å². The van der Waals surface area contributed by atoms with Crippen LogP contribution < -0.4 is 0 Å². The second-order valence-electron chi connectivity index (χ2n) is 4.08. The monoisotopic (exact) mass is 324 g/mol. The molecule has 9 heteroatoms. The fourth-order valence-electron chi connectivity index (χ4n) is 1.65. The van der Waals surface area contributed by atoms with Crippen molar-refractivity contribution >= 4 is 11.6 Å². The fourth-order valence-corrected chi connectivity index (χ4v) is 1.85. The Morgan fingerprint density at radius 1 is 1.05 bits per heavy atom. The van der Waals surface area contributed by atoms with Crippen molar-refractivity contribution in [2.45, 2.75) is 24.9 Å². The van der Waals surface area contributed by atoms with Gasteiger partial charge in [-0.1, -0.05) is 17.7 Å². The molecule has 0 aliphatic rings. The standard InChI is InChI=1S/C11H8ClF7O/c12-6-3-5(1-2-7(6)13)4-8(20)9(10(14,15)16)11(17,18)19/h1-3,8-9,20H,4H2. The Balaban J connectivity index is 2.97. The summed E-state index contributed by atoms with van der Waals surface area (Å²) in [5.41, 5.74) is -0.137. The van der Waals surface area contributed by atoms with Crippen LogP contribution in [0.1, 0.15) is 5.56 Å². The van der Waals surface area contributed by atoms with Crippen molar-refractivity contribution < 1.29 is 35.8 Å². The molecule has 0 fully saturated rings. The van der Waals surface area contributed by atoms with E-state index in [0.717, 1.165) is 18.2 Å². The number of aliphatic hydroxyl groups is 1. The summed E-state index contributed by atoms with van der Waals surface area (Å²) in [6, 6.07) is 2.61. The van der Waals surface area contributed by atoms with Crippen LogP contribution in [0.3, 0.4) is 0 Å². The van der Waals surface area contributed by atoms with E-state index in [2.05, 4.69) is 0 Å². The first-order valence-corrected chi connectivity index (χ1v) is 5.56. The Morgan fingerprint density at radius 3 is 1.95 bits per heavy atom. The summed E-state index contributed by atoms with van der Waals surface area (Å²) in [5, 5.41) is 8.76. The van der Waals surface area contributed by atoms with Gasteiger partial charge in [-0.25, -0.2) is 4.39 Å². The van der Waals surface area contributed by atoms with Gasteiger partial charge in [0.05, 0.1) is 11.1 Å². The van der Waals surface area contributed by atoms with Crippen molar-refractivity contribution in [2.75, 3.05) is 0 Å². The molecule has 0 aliphatic heterocycles. The average molecular weight is 325 g/mol. The molecular weight excluding hydrogens is 317 g/mol. The van der Waals surface area contributed by atoms with Crippen LogP contribution >= 0.6 is 11.6 Å². The fraction of sp³-hybridized carbons (Fsp3) is 0.455. The molecule has 114 valence electrons. The first-order chi connectivity index (χ1) is 8.93. The minimum Gasteiger partial charge on any atom is -0.392 e. The molecule has 1 N–H and O–H groups in total. The smallest absolute Gasteiger partial charge is 0.392 e. The maximum atomic E-state index is 12.8. The molecular formula is C11H8ClF7O. The number of halogens is 8. The van der Waals surface area contributed by atoms with Crippen LogP contribution in [-0.4, -0.2) is 23.6 Å². The van der Waals surface area contributed by atoms with Crippen molar-refractivity contribution in [3.8, 4) is 0 Å². The lowest BCUT2D eigenvalue weighted by atomic mass is 9.95. The lowest BCUT2D eigenvalue weighted by Crippen LogP contribution is -2.45. The summed E-state index contributed by atoms with van der Waals surface area (Å²) in [7, 11) is 0. The van der Waals surface area contributed by atoms with Crippen molar-refractivity contribution in [2.24, 2.45) is 5.92 Å². The van der Waals surface area contributed by atoms with Crippen LogP contribution in [-0.2, 0) is 6.42 Å². The van der Waals surface area contributed by atoms with Gasteiger partial charge in [0.25, 0.3) is 0 Å². The molecule has 0 aromatic heterocycles. The highest BCUT2D eigenvalue weighted by Crippen LogP contribution is 2.42. The zero-order valence-corrected chi connectivity index (χ0v) is 10.3. The number of benzene rings is 1. The Labute approximate surface area is 114 Å². The molecule has 1 atom stereocenters. The quantitative estimate of drug-likeness (QED) is 0.829. The molecule has 0 spiro atoms. The Morgan fingerprint density at radius 2 is 1.55 bits per heavy atom. The van der Waals surface area contributed by atoms with Crippen LogP contribution in [0.25, 0.3) is 0 Å². The maximum Gasteiger partial charge on any atom is 0.403 e. The topological polar surface area (TPSA) is 20.2 Å². The van der Waals surface area contributed by atoms with E-state index in [9.17, 15) is 35.8 Å². The lowest BCUT2D eigenvalue weighted by Gasteiger charge is -2.27. The molecule has 0 heterocycles. The van der Waals surface area contributed by atoms with Crippen molar-refractivity contribution in [1.29, 1.82) is 0 Å². The summed E-state index contributed by atoms with van der Waals surface area (Å²) >= 11 is 5.36. The van der Waals surface area contributed by atoms with E-state index in [4.69, 9.17) is 11.6 Å². The van der Waals surface area contributed by atoms with Crippen molar-refractivity contribution in [3.63, 3.8) is 0 Å². The predicted octanol–water partition coefficient (Wildman–Crippen LogP) is 4.12. The lowest BCUT2D eigenvalue weighted by molar-refractivity contribution is -0.305. The average Bonchev–Trinajstić information content (AvgIpc) is 2.18. The molecule has 1 unspecified atom stereocenters. The van der Waals surface area contributed by atoms with Crippen LogP contribution in [0.4, 0.5) is 30.7 Å². The summed E-state index contributed by atoms with van der Waals surface area (Å²) in [4.78, 5) is 0. The van der Waals surface area contributed by atoms with Gasteiger partial charge in [0.2, 0.25) is 0 Å². The summed E-state index contributed by atoms with van der Waals surface area (Å²) in [6.07, 6.45) is -15.0. The third-order valence-electron chi connectivity index (χ3n) is 2.52. The summed E-state index contributed by atoms with van der Waals surface area (Å²) in [6.45, 7) is 0. The van der Waals surface area contributed by atoms with E-state index in [0.29, 0.717) is 0 Å². The van der Waals surface area contributed by atoms with E-state index < -0.39 is 41.6 Å². The third kappa shape index (κ3) is 4.24. The summed E-state index contributed by atoms with van der Waals surface area (Å²) < 4.78 is 86.9. The number of aliphatic hydroxyl groups excluding tert-OH is 1. The SMILES string of the molecule is OC(Cc1ccc(F)c(Cl)c1)C(C(F)(F)F)C(F)(F)F. The van der Waals surface area contributed by atoms with Gasteiger partial charge >= 0.3 is 12.4 Å². The minimum absolute atomic E-state index is 0.137. The van der Waals surface area contributed by atoms with Gasteiger partial charge in [-0.15, -0.1) is 0 Å². The second kappa shape index (κ2) is 5.77. The summed E-state index contributed by atoms with van der Waals surface area (Å²) in [5.74, 6) is -4.74. The Bertz CT molecular complexity index is 455. The predicted molar refractivity (Wildman–Crippen MR) is 56.7 cm³/mol. The number of rotatable bonds is 3. The third-order valence-corrected chi connectivity index (χ3v) is 2.81. The van der Waals surface area contributed by atoms with Gasteiger partial charge in [0.15, 0.2) is 5.92 Å². The van der Waals surface area contributed by atoms with Gasteiger partial charge in [-0.2, -0.15) is 26.3 Å². The second-order valence-corrected chi connectivity index (χ2v) is 4.49. The highest BCUT2D eigenvalue weighted by molar-refractivity contribution is 6.30. The number of alkyl halides is 6. The molecule has 1 nitrogen and oxygen atoms in total. The Kier molecular flexibility index (Phi) is 4.91. The maximum absolute atomic E-state index is 12.8. The van der Waals surface area contributed by atoms with E-state index in [1.165, 1.54) is 0 Å². The normalized spacial score (nSPS) is 14.7. The highest BCUT2D eigenvalue weighted by Gasteiger charge is 2.59. The van der Waals surface area contributed by atoms with E-state index in [1.54, 1.807) is 0 Å². The van der Waals surface area contributed by atoms with Crippen LogP contribution in [0, 0.1) is 11.7 Å². The highest BCUT2D eigenvalue weighted by atomic mass is 35.5. The molecule has 1 rings (SSSR count). The zero-order chi connectivity index (χ0) is 15.7. The molecule has 1 aromatic rings. The van der Waals surface area contributed by atoms with Gasteiger partial charge in [0, 0.05) is 0 Å². The molecule has 0 aliphatic carbocycles. The molecule has 1 aromatic carbocycles. The van der Waals surface area contributed by atoms with Crippen molar-refractivity contribution in [1.82, 2.24) is 0 Å². The van der Waals surface area contributed by atoms with Crippen LogP contribution in [0.5, 0.6) is 0 Å². The van der Waals surface area contributed by atoms with Gasteiger partial charge < -0.3 is 5.11 Å².